The fourth-order valence-corrected chi connectivity index (χ4v) is 2.87. The number of hydrogen-bond acceptors (Lipinski definition) is 2. The Morgan fingerprint density at radius 2 is 2.11 bits per heavy atom. The van der Waals surface area contributed by atoms with Crippen LogP contribution in [0.5, 0.6) is 0 Å². The summed E-state index contributed by atoms with van der Waals surface area (Å²) >= 11 is 10.9. The number of hydrogen-bond donors (Lipinski definition) is 1. The van der Waals surface area contributed by atoms with Crippen LogP contribution in [0.4, 0.5) is 0 Å². The Balaban J connectivity index is 2.21. The first kappa shape index (κ1) is 14.3. The Kier molecular flexibility index (Phi) is 4.77. The van der Waals surface area contributed by atoms with Gasteiger partial charge in [0.05, 0.1) is 11.5 Å². The van der Waals surface area contributed by atoms with Crippen molar-refractivity contribution >= 4 is 34.7 Å². The van der Waals surface area contributed by atoms with Gasteiger partial charge >= 0.3 is 0 Å². The fourth-order valence-electron chi connectivity index (χ4n) is 2.54. The summed E-state index contributed by atoms with van der Waals surface area (Å²) in [6.45, 7) is 0.339. The third kappa shape index (κ3) is 3.67. The number of carbonyl (C=O) groups excluding carboxylic acids is 1. The molecule has 0 spiro atoms. The van der Waals surface area contributed by atoms with Gasteiger partial charge in [-0.15, -0.1) is 0 Å². The maximum absolute atomic E-state index is 12.6. The molecule has 0 atom stereocenters. The van der Waals surface area contributed by atoms with Crippen molar-refractivity contribution < 1.29 is 4.79 Å². The molecule has 0 bridgehead atoms. The summed E-state index contributed by atoms with van der Waals surface area (Å²) in [4.78, 5) is 14.7. The predicted octanol–water partition coefficient (Wildman–Crippen LogP) is 3.01. The maximum atomic E-state index is 12.6. The standard InChI is InChI=1S/C14H17ClN2OS/c15-11-5-3-4-10(8-11)14(18)17(9-13(16)19)12-6-1-2-7-12/h3-5,8,12H,1-2,6-7,9H2,(H2,16,19). The molecule has 1 fully saturated rings. The second kappa shape index (κ2) is 6.35. The zero-order valence-electron chi connectivity index (χ0n) is 10.6. The Morgan fingerprint density at radius 3 is 2.68 bits per heavy atom. The quantitative estimate of drug-likeness (QED) is 0.869. The number of thiocarbonyl (C=S) groups is 1. The number of rotatable bonds is 4. The van der Waals surface area contributed by atoms with E-state index in [4.69, 9.17) is 29.6 Å². The van der Waals surface area contributed by atoms with Crippen LogP contribution in [0.2, 0.25) is 5.02 Å². The van der Waals surface area contributed by atoms with Crippen LogP contribution in [0.25, 0.3) is 0 Å². The van der Waals surface area contributed by atoms with Gasteiger partial charge in [0.2, 0.25) is 0 Å². The first-order valence-corrected chi connectivity index (χ1v) is 7.21. The van der Waals surface area contributed by atoms with Crippen LogP contribution in [0.1, 0.15) is 36.0 Å². The molecule has 0 aromatic heterocycles. The number of amides is 1. The molecular formula is C14H17ClN2OS. The van der Waals surface area contributed by atoms with E-state index < -0.39 is 0 Å². The summed E-state index contributed by atoms with van der Waals surface area (Å²) in [5.74, 6) is -0.0396. The lowest BCUT2D eigenvalue weighted by Crippen LogP contribution is -2.43. The second-order valence-electron chi connectivity index (χ2n) is 4.85. The minimum Gasteiger partial charge on any atom is -0.392 e. The molecule has 3 nitrogen and oxygen atoms in total. The van der Waals surface area contributed by atoms with E-state index in [0.717, 1.165) is 25.7 Å². The average Bonchev–Trinajstić information content (AvgIpc) is 2.88. The molecule has 0 aliphatic heterocycles. The Bertz CT molecular complexity index is 486. The summed E-state index contributed by atoms with van der Waals surface area (Å²) in [5, 5.41) is 0.563. The SMILES string of the molecule is NC(=S)CN(C(=O)c1cccc(Cl)c1)C1CCCC1. The van der Waals surface area contributed by atoms with Gasteiger partial charge in [0, 0.05) is 16.6 Å². The first-order chi connectivity index (χ1) is 9.08. The minimum atomic E-state index is -0.0396. The van der Waals surface area contributed by atoms with Crippen molar-refractivity contribution in [3.05, 3.63) is 34.9 Å². The van der Waals surface area contributed by atoms with E-state index in [1.54, 1.807) is 29.2 Å². The summed E-state index contributed by atoms with van der Waals surface area (Å²) in [7, 11) is 0. The highest BCUT2D eigenvalue weighted by molar-refractivity contribution is 7.80. The molecule has 1 amide bonds. The summed E-state index contributed by atoms with van der Waals surface area (Å²) in [6, 6.07) is 7.24. The molecule has 0 unspecified atom stereocenters. The molecule has 2 N–H and O–H groups in total. The van der Waals surface area contributed by atoms with Gasteiger partial charge in [-0.2, -0.15) is 0 Å². The van der Waals surface area contributed by atoms with Crippen molar-refractivity contribution in [3.8, 4) is 0 Å². The molecule has 1 aliphatic carbocycles. The summed E-state index contributed by atoms with van der Waals surface area (Å²) in [6.07, 6.45) is 4.35. The highest BCUT2D eigenvalue weighted by atomic mass is 35.5. The van der Waals surface area contributed by atoms with Gasteiger partial charge in [-0.1, -0.05) is 42.7 Å². The van der Waals surface area contributed by atoms with E-state index in [2.05, 4.69) is 0 Å². The number of carbonyl (C=O) groups is 1. The van der Waals surface area contributed by atoms with E-state index in [1.807, 2.05) is 0 Å². The largest absolute Gasteiger partial charge is 0.392 e. The molecule has 1 aromatic carbocycles. The molecule has 1 aliphatic rings. The van der Waals surface area contributed by atoms with E-state index in [9.17, 15) is 4.79 Å². The van der Waals surface area contributed by atoms with Gasteiger partial charge in [0.25, 0.3) is 5.91 Å². The number of nitrogens with zero attached hydrogens (tertiary/aromatic N) is 1. The molecule has 0 saturated heterocycles. The normalized spacial score (nSPS) is 15.4. The number of benzene rings is 1. The molecule has 5 heteroatoms. The third-order valence-corrected chi connectivity index (χ3v) is 3.79. The summed E-state index contributed by atoms with van der Waals surface area (Å²) < 4.78 is 0. The molecule has 2 rings (SSSR count). The molecule has 1 saturated carbocycles. The lowest BCUT2D eigenvalue weighted by Gasteiger charge is -2.28. The average molecular weight is 297 g/mol. The molecule has 19 heavy (non-hydrogen) atoms. The van der Waals surface area contributed by atoms with Crippen molar-refractivity contribution in [1.29, 1.82) is 0 Å². The van der Waals surface area contributed by atoms with E-state index >= 15 is 0 Å². The highest BCUT2D eigenvalue weighted by Crippen LogP contribution is 2.25. The van der Waals surface area contributed by atoms with Crippen LogP contribution in [-0.4, -0.2) is 28.4 Å². The number of halogens is 1. The minimum absolute atomic E-state index is 0.0396. The molecule has 1 aromatic rings. The van der Waals surface area contributed by atoms with Gasteiger partial charge in [-0.25, -0.2) is 0 Å². The van der Waals surface area contributed by atoms with Gasteiger partial charge in [0.1, 0.15) is 0 Å². The molecule has 102 valence electrons. The van der Waals surface area contributed by atoms with Crippen LogP contribution >= 0.6 is 23.8 Å². The van der Waals surface area contributed by atoms with Crippen LogP contribution in [-0.2, 0) is 0 Å². The lowest BCUT2D eigenvalue weighted by molar-refractivity contribution is 0.0714. The third-order valence-electron chi connectivity index (χ3n) is 3.42. The van der Waals surface area contributed by atoms with Crippen LogP contribution in [0.15, 0.2) is 24.3 Å². The van der Waals surface area contributed by atoms with E-state index in [0.29, 0.717) is 22.1 Å². The van der Waals surface area contributed by atoms with Gasteiger partial charge < -0.3 is 10.6 Å². The molecule has 0 heterocycles. The topological polar surface area (TPSA) is 46.3 Å². The zero-order valence-corrected chi connectivity index (χ0v) is 12.2. The highest BCUT2D eigenvalue weighted by Gasteiger charge is 2.27. The van der Waals surface area contributed by atoms with Gasteiger partial charge in [-0.05, 0) is 31.0 Å². The Morgan fingerprint density at radius 1 is 1.42 bits per heavy atom. The van der Waals surface area contributed by atoms with E-state index in [-0.39, 0.29) is 11.9 Å². The van der Waals surface area contributed by atoms with E-state index in [1.165, 1.54) is 0 Å². The maximum Gasteiger partial charge on any atom is 0.254 e. The van der Waals surface area contributed by atoms with Crippen molar-refractivity contribution in [1.82, 2.24) is 4.90 Å². The lowest BCUT2D eigenvalue weighted by atomic mass is 10.1. The van der Waals surface area contributed by atoms with Crippen LogP contribution < -0.4 is 5.73 Å². The van der Waals surface area contributed by atoms with Crippen molar-refractivity contribution in [3.63, 3.8) is 0 Å². The van der Waals surface area contributed by atoms with Crippen molar-refractivity contribution in [2.45, 2.75) is 31.7 Å². The van der Waals surface area contributed by atoms with Crippen molar-refractivity contribution in [2.75, 3.05) is 6.54 Å². The zero-order chi connectivity index (χ0) is 13.8. The smallest absolute Gasteiger partial charge is 0.254 e. The monoisotopic (exact) mass is 296 g/mol. The van der Waals surface area contributed by atoms with Crippen LogP contribution in [0, 0.1) is 0 Å². The Hall–Kier alpha value is -1.13. The first-order valence-electron chi connectivity index (χ1n) is 6.43. The summed E-state index contributed by atoms with van der Waals surface area (Å²) in [5.41, 5.74) is 6.21. The molecular weight excluding hydrogens is 280 g/mol. The molecule has 0 radical (unpaired) electrons. The Labute approximate surface area is 123 Å². The second-order valence-corrected chi connectivity index (χ2v) is 5.81. The van der Waals surface area contributed by atoms with Gasteiger partial charge in [-0.3, -0.25) is 4.79 Å². The van der Waals surface area contributed by atoms with Gasteiger partial charge in [0.15, 0.2) is 0 Å². The predicted molar refractivity (Wildman–Crippen MR) is 81.5 cm³/mol. The fraction of sp³-hybridized carbons (Fsp3) is 0.429. The number of nitrogens with two attached hydrogens (primary N) is 1. The van der Waals surface area contributed by atoms with Crippen LogP contribution in [0.3, 0.4) is 0 Å². The van der Waals surface area contributed by atoms with Crippen molar-refractivity contribution in [2.24, 2.45) is 5.73 Å².